The number of amides is 2. The Morgan fingerprint density at radius 2 is 1.65 bits per heavy atom. The Labute approximate surface area is 203 Å². The molecule has 3 aromatic carbocycles. The van der Waals surface area contributed by atoms with Crippen molar-refractivity contribution in [3.05, 3.63) is 82.4 Å². The summed E-state index contributed by atoms with van der Waals surface area (Å²) < 4.78 is 29.2. The number of sulfonamides is 1. The predicted molar refractivity (Wildman–Crippen MR) is 134 cm³/mol. The third kappa shape index (κ3) is 4.38. The Balaban J connectivity index is 1.79. The maximum absolute atomic E-state index is 14.0. The lowest BCUT2D eigenvalue weighted by Crippen LogP contribution is -2.52. The Morgan fingerprint density at radius 1 is 1.03 bits per heavy atom. The third-order valence-corrected chi connectivity index (χ3v) is 8.09. The summed E-state index contributed by atoms with van der Waals surface area (Å²) in [5, 5.41) is 5.74. The molecule has 176 valence electrons. The average Bonchev–Trinajstić information content (AvgIpc) is 2.74. The van der Waals surface area contributed by atoms with Gasteiger partial charge in [0.1, 0.15) is 6.04 Å². The fourth-order valence-electron chi connectivity index (χ4n) is 4.35. The number of anilines is 3. The lowest BCUT2D eigenvalue weighted by Gasteiger charge is -2.37. The minimum Gasteiger partial charge on any atom is -0.325 e. The highest BCUT2D eigenvalue weighted by Crippen LogP contribution is 2.39. The number of halogens is 1. The van der Waals surface area contributed by atoms with E-state index < -0.39 is 34.3 Å². The standard InChI is InChI=1S/C25H24ClN3O4S/c1-15-12-16(2)24(17(3)13-15)34(32,33)29-21-11-7-6-10-20(21)28-25(31)22(29)14-23(30)27-19-9-5-4-8-18(19)26/h4-13,22H,14H2,1-3H3,(H,27,30)(H,28,31). The molecule has 0 fully saturated rings. The minimum absolute atomic E-state index is 0.124. The lowest BCUT2D eigenvalue weighted by molar-refractivity contribution is -0.122. The van der Waals surface area contributed by atoms with E-state index in [1.54, 1.807) is 74.5 Å². The Hall–Kier alpha value is -3.36. The first-order valence-electron chi connectivity index (χ1n) is 10.7. The number of carbonyl (C=O) groups excluding carboxylic acids is 2. The molecule has 1 aliphatic heterocycles. The summed E-state index contributed by atoms with van der Waals surface area (Å²) in [7, 11) is -4.20. The fourth-order valence-corrected chi connectivity index (χ4v) is 6.58. The van der Waals surface area contributed by atoms with Crippen LogP contribution in [0, 0.1) is 20.8 Å². The van der Waals surface area contributed by atoms with Gasteiger partial charge in [0.2, 0.25) is 11.8 Å². The molecule has 2 amide bonds. The van der Waals surface area contributed by atoms with Gasteiger partial charge in [-0.15, -0.1) is 0 Å². The van der Waals surface area contributed by atoms with Crippen LogP contribution >= 0.6 is 11.6 Å². The fraction of sp³-hybridized carbons (Fsp3) is 0.200. The SMILES string of the molecule is Cc1cc(C)c(S(=O)(=O)N2c3ccccc3NC(=O)C2CC(=O)Nc2ccccc2Cl)c(C)c1. The highest BCUT2D eigenvalue weighted by atomic mass is 35.5. The molecule has 0 spiro atoms. The van der Waals surface area contributed by atoms with E-state index in [2.05, 4.69) is 10.6 Å². The van der Waals surface area contributed by atoms with Crippen LogP contribution in [0.15, 0.2) is 65.6 Å². The number of carbonyl (C=O) groups is 2. The van der Waals surface area contributed by atoms with Gasteiger partial charge in [-0.3, -0.25) is 13.9 Å². The van der Waals surface area contributed by atoms with Crippen molar-refractivity contribution in [3.63, 3.8) is 0 Å². The number of para-hydroxylation sites is 3. The molecular weight excluding hydrogens is 474 g/mol. The number of nitrogens with zero attached hydrogens (tertiary/aromatic N) is 1. The monoisotopic (exact) mass is 497 g/mol. The van der Waals surface area contributed by atoms with Gasteiger partial charge >= 0.3 is 0 Å². The van der Waals surface area contributed by atoms with E-state index in [1.165, 1.54) is 0 Å². The minimum atomic E-state index is -4.20. The average molecular weight is 498 g/mol. The number of hydrogen-bond acceptors (Lipinski definition) is 4. The van der Waals surface area contributed by atoms with Crippen molar-refractivity contribution in [3.8, 4) is 0 Å². The van der Waals surface area contributed by atoms with Crippen LogP contribution in [-0.2, 0) is 19.6 Å². The maximum atomic E-state index is 14.0. The van der Waals surface area contributed by atoms with Gasteiger partial charge in [-0.1, -0.05) is 53.6 Å². The van der Waals surface area contributed by atoms with E-state index >= 15 is 0 Å². The first-order chi connectivity index (χ1) is 16.1. The summed E-state index contributed by atoms with van der Waals surface area (Å²) >= 11 is 6.14. The molecule has 3 aromatic rings. The molecule has 0 aliphatic carbocycles. The van der Waals surface area contributed by atoms with Crippen molar-refractivity contribution in [2.24, 2.45) is 0 Å². The topological polar surface area (TPSA) is 95.6 Å². The second-order valence-electron chi connectivity index (χ2n) is 8.28. The molecule has 1 unspecified atom stereocenters. The van der Waals surface area contributed by atoms with Crippen molar-refractivity contribution in [1.29, 1.82) is 0 Å². The van der Waals surface area contributed by atoms with Crippen LogP contribution in [0.3, 0.4) is 0 Å². The largest absolute Gasteiger partial charge is 0.325 e. The molecule has 9 heteroatoms. The van der Waals surface area contributed by atoms with E-state index in [0.29, 0.717) is 33.2 Å². The summed E-state index contributed by atoms with van der Waals surface area (Å²) in [6, 6.07) is 15.6. The van der Waals surface area contributed by atoms with Crippen LogP contribution in [0.4, 0.5) is 17.1 Å². The number of aryl methyl sites for hydroxylation is 3. The molecule has 0 saturated heterocycles. The van der Waals surface area contributed by atoms with Gasteiger partial charge in [0.25, 0.3) is 10.0 Å². The molecule has 1 heterocycles. The Morgan fingerprint density at radius 3 is 2.32 bits per heavy atom. The lowest BCUT2D eigenvalue weighted by atomic mass is 10.1. The zero-order valence-electron chi connectivity index (χ0n) is 18.9. The number of rotatable bonds is 5. The molecule has 0 radical (unpaired) electrons. The Bertz CT molecular complexity index is 1380. The normalized spacial score (nSPS) is 15.5. The number of fused-ring (bicyclic) bond motifs is 1. The van der Waals surface area contributed by atoms with Crippen molar-refractivity contribution in [1.82, 2.24) is 0 Å². The van der Waals surface area contributed by atoms with Crippen LogP contribution in [0.5, 0.6) is 0 Å². The molecule has 1 atom stereocenters. The first kappa shape index (κ1) is 23.8. The predicted octanol–water partition coefficient (Wildman–Crippen LogP) is 4.81. The van der Waals surface area contributed by atoms with Crippen molar-refractivity contribution < 1.29 is 18.0 Å². The third-order valence-electron chi connectivity index (χ3n) is 5.63. The van der Waals surface area contributed by atoms with Crippen molar-refractivity contribution in [2.45, 2.75) is 38.1 Å². The first-order valence-corrected chi connectivity index (χ1v) is 12.5. The quantitative estimate of drug-likeness (QED) is 0.528. The molecule has 0 aromatic heterocycles. The number of nitrogens with one attached hydrogen (secondary N) is 2. The van der Waals surface area contributed by atoms with Gasteiger partial charge in [0, 0.05) is 0 Å². The van der Waals surface area contributed by atoms with Crippen LogP contribution in [0.2, 0.25) is 5.02 Å². The molecule has 34 heavy (non-hydrogen) atoms. The number of benzene rings is 3. The van der Waals surface area contributed by atoms with Gasteiger partial charge in [-0.05, 0) is 56.2 Å². The van der Waals surface area contributed by atoms with E-state index in [-0.39, 0.29) is 4.90 Å². The van der Waals surface area contributed by atoms with E-state index in [9.17, 15) is 18.0 Å². The maximum Gasteiger partial charge on any atom is 0.265 e. The highest BCUT2D eigenvalue weighted by Gasteiger charge is 2.43. The molecule has 0 saturated carbocycles. The molecule has 2 N–H and O–H groups in total. The summed E-state index contributed by atoms with van der Waals surface area (Å²) in [5.41, 5.74) is 3.12. The zero-order valence-corrected chi connectivity index (χ0v) is 20.5. The van der Waals surface area contributed by atoms with Crippen LogP contribution < -0.4 is 14.9 Å². The van der Waals surface area contributed by atoms with Gasteiger partial charge in [0.05, 0.1) is 33.4 Å². The smallest absolute Gasteiger partial charge is 0.265 e. The summed E-state index contributed by atoms with van der Waals surface area (Å²) in [5.74, 6) is -1.12. The van der Waals surface area contributed by atoms with Crippen LogP contribution in [0.25, 0.3) is 0 Å². The van der Waals surface area contributed by atoms with Gasteiger partial charge in [-0.2, -0.15) is 0 Å². The molecular formula is C25H24ClN3O4S. The summed E-state index contributed by atoms with van der Waals surface area (Å²) in [6.45, 7) is 5.34. The van der Waals surface area contributed by atoms with Crippen LogP contribution in [-0.4, -0.2) is 26.3 Å². The highest BCUT2D eigenvalue weighted by molar-refractivity contribution is 7.93. The van der Waals surface area contributed by atoms with Gasteiger partial charge < -0.3 is 10.6 Å². The van der Waals surface area contributed by atoms with Crippen molar-refractivity contribution >= 4 is 50.5 Å². The van der Waals surface area contributed by atoms with Crippen LogP contribution in [0.1, 0.15) is 23.1 Å². The van der Waals surface area contributed by atoms with E-state index in [4.69, 9.17) is 11.6 Å². The van der Waals surface area contributed by atoms with E-state index in [0.717, 1.165) is 9.87 Å². The molecule has 0 bridgehead atoms. The molecule has 1 aliphatic rings. The van der Waals surface area contributed by atoms with Gasteiger partial charge in [0.15, 0.2) is 0 Å². The van der Waals surface area contributed by atoms with E-state index in [1.807, 2.05) is 6.92 Å². The molecule has 4 rings (SSSR count). The number of hydrogen-bond donors (Lipinski definition) is 2. The van der Waals surface area contributed by atoms with Crippen molar-refractivity contribution in [2.75, 3.05) is 14.9 Å². The summed E-state index contributed by atoms with van der Waals surface area (Å²) in [6.07, 6.45) is -0.394. The summed E-state index contributed by atoms with van der Waals surface area (Å²) in [4.78, 5) is 26.1. The second-order valence-corrected chi connectivity index (χ2v) is 10.4. The Kier molecular flexibility index (Phi) is 6.38. The molecule has 7 nitrogen and oxygen atoms in total. The zero-order chi connectivity index (χ0) is 24.6. The van der Waals surface area contributed by atoms with Gasteiger partial charge in [-0.25, -0.2) is 8.42 Å². The second kappa shape index (κ2) is 9.12.